The number of rotatable bonds is 6. The van der Waals surface area contributed by atoms with Gasteiger partial charge in [-0.1, -0.05) is 54.1 Å². The summed E-state index contributed by atoms with van der Waals surface area (Å²) < 4.78 is 12.6. The third-order valence-electron chi connectivity index (χ3n) is 6.45. The average molecular weight is 542 g/mol. The van der Waals surface area contributed by atoms with Gasteiger partial charge in [-0.05, 0) is 57.1 Å². The van der Waals surface area contributed by atoms with Gasteiger partial charge in [0.05, 0.1) is 33.3 Å². The lowest BCUT2D eigenvalue weighted by molar-refractivity contribution is -0.384. The first-order chi connectivity index (χ1) is 16.5. The molecule has 0 saturated carbocycles. The summed E-state index contributed by atoms with van der Waals surface area (Å²) >= 11 is 10.2. The number of nitro groups is 1. The molecule has 0 unspecified atom stereocenters. The van der Waals surface area contributed by atoms with Gasteiger partial charge >= 0.3 is 0 Å². The monoisotopic (exact) mass is 540 g/mol. The fourth-order valence-electron chi connectivity index (χ4n) is 4.87. The molecule has 5 rings (SSSR count). The second-order valence-corrected chi connectivity index (χ2v) is 9.69. The van der Waals surface area contributed by atoms with E-state index in [1.165, 1.54) is 6.07 Å². The maximum atomic E-state index is 11.4. The van der Waals surface area contributed by atoms with Gasteiger partial charge in [0.1, 0.15) is 6.61 Å². The molecule has 0 spiro atoms. The highest BCUT2D eigenvalue weighted by atomic mass is 79.9. The van der Waals surface area contributed by atoms with Crippen LogP contribution in [0.5, 0.6) is 11.5 Å². The fraction of sp³-hybridized carbons (Fsp3) is 0.231. The second kappa shape index (κ2) is 9.31. The van der Waals surface area contributed by atoms with Crippen LogP contribution in [0.2, 0.25) is 5.02 Å². The lowest BCUT2D eigenvalue weighted by Gasteiger charge is -2.38. The Morgan fingerprint density at radius 3 is 2.74 bits per heavy atom. The van der Waals surface area contributed by atoms with Gasteiger partial charge in [0.2, 0.25) is 0 Å². The van der Waals surface area contributed by atoms with Gasteiger partial charge in [0, 0.05) is 18.1 Å². The molecule has 174 valence electrons. The number of halogens is 2. The quantitative estimate of drug-likeness (QED) is 0.200. The molecule has 1 heterocycles. The maximum absolute atomic E-state index is 11.4. The van der Waals surface area contributed by atoms with Crippen LogP contribution in [-0.4, -0.2) is 12.0 Å². The Morgan fingerprint density at radius 2 is 2.00 bits per heavy atom. The van der Waals surface area contributed by atoms with E-state index in [1.807, 2.05) is 42.5 Å². The van der Waals surface area contributed by atoms with Crippen LogP contribution in [0.25, 0.3) is 0 Å². The number of methoxy groups -OCH3 is 1. The predicted octanol–water partition coefficient (Wildman–Crippen LogP) is 7.42. The van der Waals surface area contributed by atoms with Crippen molar-refractivity contribution in [2.24, 2.45) is 5.92 Å². The molecule has 0 aromatic heterocycles. The smallest absolute Gasteiger partial charge is 0.271 e. The zero-order chi connectivity index (χ0) is 23.8. The summed E-state index contributed by atoms with van der Waals surface area (Å²) in [4.78, 5) is 11.0. The second-order valence-electron chi connectivity index (χ2n) is 8.43. The van der Waals surface area contributed by atoms with Crippen molar-refractivity contribution in [1.82, 2.24) is 0 Å². The highest BCUT2D eigenvalue weighted by Crippen LogP contribution is 2.53. The average Bonchev–Trinajstić information content (AvgIpc) is 3.33. The number of hydrogen-bond donors (Lipinski definition) is 1. The SMILES string of the molecule is COc1cc([C@@H]2Nc3c(Cl)cc([N+](=O)[O-])cc3[C@H]3C=CC[C@@H]32)cc(Br)c1OCc1ccccc1. The predicted molar refractivity (Wildman–Crippen MR) is 136 cm³/mol. The lowest BCUT2D eigenvalue weighted by Crippen LogP contribution is -2.29. The standard InChI is InChI=1S/C26H22BrClN2O4/c1-33-23-11-16(10-21(27)26(23)34-14-15-6-3-2-4-7-15)24-19-9-5-8-18(19)20-12-17(30(31)32)13-22(28)25(20)29-24/h2-8,10-13,18-19,24,29H,9,14H2,1H3/t18-,19-,24-/m0/s1. The Morgan fingerprint density at radius 1 is 1.21 bits per heavy atom. The number of non-ortho nitro benzene ring substituents is 1. The Hall–Kier alpha value is -3.03. The summed E-state index contributed by atoms with van der Waals surface area (Å²) in [5.41, 5.74) is 3.70. The van der Waals surface area contributed by atoms with Crippen molar-refractivity contribution in [2.75, 3.05) is 12.4 Å². The molecule has 1 aliphatic carbocycles. The zero-order valence-corrected chi connectivity index (χ0v) is 20.7. The van der Waals surface area contributed by atoms with Gasteiger partial charge in [0.15, 0.2) is 11.5 Å². The van der Waals surface area contributed by atoms with Crippen molar-refractivity contribution in [1.29, 1.82) is 0 Å². The zero-order valence-electron chi connectivity index (χ0n) is 18.3. The maximum Gasteiger partial charge on any atom is 0.271 e. The van der Waals surface area contributed by atoms with Crippen LogP contribution in [0.15, 0.2) is 71.2 Å². The Kier molecular flexibility index (Phi) is 6.23. The van der Waals surface area contributed by atoms with Gasteiger partial charge < -0.3 is 14.8 Å². The summed E-state index contributed by atoms with van der Waals surface area (Å²) in [6, 6.07) is 17.0. The van der Waals surface area contributed by atoms with E-state index in [-0.39, 0.29) is 23.6 Å². The molecule has 2 aliphatic rings. The highest BCUT2D eigenvalue weighted by molar-refractivity contribution is 9.10. The molecule has 8 heteroatoms. The van der Waals surface area contributed by atoms with E-state index in [4.69, 9.17) is 21.1 Å². The van der Waals surface area contributed by atoms with Gasteiger partial charge in [-0.25, -0.2) is 0 Å². The molecule has 1 N–H and O–H groups in total. The lowest BCUT2D eigenvalue weighted by atomic mass is 9.77. The van der Waals surface area contributed by atoms with Crippen molar-refractivity contribution in [3.05, 3.63) is 103 Å². The summed E-state index contributed by atoms with van der Waals surface area (Å²) in [5, 5.41) is 15.3. The Balaban J connectivity index is 1.49. The van der Waals surface area contributed by atoms with E-state index in [9.17, 15) is 10.1 Å². The molecule has 0 fully saturated rings. The third kappa shape index (κ3) is 4.14. The van der Waals surface area contributed by atoms with Crippen molar-refractivity contribution >= 4 is 38.9 Å². The fourth-order valence-corrected chi connectivity index (χ4v) is 5.71. The minimum Gasteiger partial charge on any atom is -0.493 e. The number of fused-ring (bicyclic) bond motifs is 3. The number of allylic oxidation sites excluding steroid dienone is 2. The number of hydrogen-bond acceptors (Lipinski definition) is 5. The molecule has 6 nitrogen and oxygen atoms in total. The van der Waals surface area contributed by atoms with Crippen LogP contribution >= 0.6 is 27.5 Å². The topological polar surface area (TPSA) is 73.6 Å². The highest BCUT2D eigenvalue weighted by Gasteiger charge is 2.40. The van der Waals surface area contributed by atoms with Gasteiger partial charge in [-0.3, -0.25) is 10.1 Å². The summed E-state index contributed by atoms with van der Waals surface area (Å²) in [5.74, 6) is 1.50. The van der Waals surface area contributed by atoms with Crippen molar-refractivity contribution < 1.29 is 14.4 Å². The first kappa shape index (κ1) is 22.7. The normalized spacial score (nSPS) is 20.3. The van der Waals surface area contributed by atoms with E-state index >= 15 is 0 Å². The minimum atomic E-state index is -0.401. The number of anilines is 1. The van der Waals surface area contributed by atoms with Crippen molar-refractivity contribution in [3.8, 4) is 11.5 Å². The Bertz CT molecular complexity index is 1280. The summed E-state index contributed by atoms with van der Waals surface area (Å²) in [6.07, 6.45) is 5.12. The van der Waals surface area contributed by atoms with E-state index in [2.05, 4.69) is 33.4 Å². The molecule has 34 heavy (non-hydrogen) atoms. The van der Waals surface area contributed by atoms with Crippen molar-refractivity contribution in [3.63, 3.8) is 0 Å². The molecule has 1 aliphatic heterocycles. The molecule has 0 amide bonds. The van der Waals surface area contributed by atoms with E-state index in [1.54, 1.807) is 13.2 Å². The number of benzene rings is 3. The van der Waals surface area contributed by atoms with E-state index < -0.39 is 4.92 Å². The molecule has 3 aromatic carbocycles. The van der Waals surface area contributed by atoms with E-state index in [0.717, 1.165) is 33.3 Å². The first-order valence-corrected chi connectivity index (χ1v) is 12.1. The van der Waals surface area contributed by atoms with Crippen LogP contribution in [0.1, 0.15) is 35.1 Å². The molecule has 3 atom stereocenters. The molecule has 0 saturated heterocycles. The molecular formula is C26H22BrClN2O4. The summed E-state index contributed by atoms with van der Waals surface area (Å²) in [6.45, 7) is 0.424. The number of nitro benzene ring substituents is 1. The number of nitrogens with zero attached hydrogens (tertiary/aromatic N) is 1. The van der Waals surface area contributed by atoms with Gasteiger partial charge in [-0.15, -0.1) is 0 Å². The first-order valence-electron chi connectivity index (χ1n) is 10.9. The number of nitrogens with one attached hydrogen (secondary N) is 1. The van der Waals surface area contributed by atoms with E-state index in [0.29, 0.717) is 23.1 Å². The molecule has 3 aromatic rings. The molecule has 0 radical (unpaired) electrons. The number of ether oxygens (including phenoxy) is 2. The molecule has 0 bridgehead atoms. The third-order valence-corrected chi connectivity index (χ3v) is 7.34. The largest absolute Gasteiger partial charge is 0.493 e. The van der Waals surface area contributed by atoms with Gasteiger partial charge in [-0.2, -0.15) is 0 Å². The van der Waals surface area contributed by atoms with Crippen molar-refractivity contribution in [2.45, 2.75) is 25.0 Å². The Labute approximate surface area is 210 Å². The minimum absolute atomic E-state index is 0.00683. The van der Waals surface area contributed by atoms with Crippen LogP contribution in [-0.2, 0) is 6.61 Å². The summed E-state index contributed by atoms with van der Waals surface area (Å²) in [7, 11) is 1.63. The van der Waals surface area contributed by atoms with Crippen LogP contribution in [0.3, 0.4) is 0 Å². The van der Waals surface area contributed by atoms with Crippen LogP contribution in [0.4, 0.5) is 11.4 Å². The van der Waals surface area contributed by atoms with Crippen LogP contribution in [0, 0.1) is 16.0 Å². The van der Waals surface area contributed by atoms with Gasteiger partial charge in [0.25, 0.3) is 5.69 Å². The van der Waals surface area contributed by atoms with Crippen LogP contribution < -0.4 is 14.8 Å². The molecular weight excluding hydrogens is 520 g/mol.